The second-order valence-corrected chi connectivity index (χ2v) is 2.56. The molecule has 0 saturated carbocycles. The van der Waals surface area contributed by atoms with E-state index in [9.17, 15) is 0 Å². The second kappa shape index (κ2) is 4.29. The zero-order chi connectivity index (χ0) is 8.39. The van der Waals surface area contributed by atoms with E-state index in [1.165, 1.54) is 11.2 Å². The summed E-state index contributed by atoms with van der Waals surface area (Å²) in [6.07, 6.45) is 1.48. The lowest BCUT2D eigenvalue weighted by atomic mass is 10.5. The van der Waals surface area contributed by atoms with Crippen LogP contribution in [-0.2, 0) is 4.74 Å². The maximum absolute atomic E-state index is 5.38. The van der Waals surface area contributed by atoms with Gasteiger partial charge in [-0.2, -0.15) is 4.52 Å². The van der Waals surface area contributed by atoms with Crippen molar-refractivity contribution >= 4 is 18.3 Å². The van der Waals surface area contributed by atoms with Gasteiger partial charge in [0.25, 0.3) is 5.88 Å². The molecule has 1 aromatic rings. The van der Waals surface area contributed by atoms with Crippen LogP contribution in [0.2, 0.25) is 0 Å². The normalized spacial score (nSPS) is 16.8. The van der Waals surface area contributed by atoms with Crippen molar-refractivity contribution in [2.24, 2.45) is 0 Å². The van der Waals surface area contributed by atoms with Crippen molar-refractivity contribution in [3.8, 4) is 0 Å². The van der Waals surface area contributed by atoms with Gasteiger partial charge in [0.1, 0.15) is 13.1 Å². The molecule has 2 N–H and O–H groups in total. The molecule has 0 aromatic carbocycles. The minimum absolute atomic E-state index is 0. The van der Waals surface area contributed by atoms with Gasteiger partial charge in [-0.25, -0.2) is 0 Å². The Balaban J connectivity index is 0.000000845. The molecule has 74 valence electrons. The lowest BCUT2D eigenvalue weighted by Gasteiger charge is -2.16. The number of morpholine rings is 1. The lowest BCUT2D eigenvalue weighted by molar-refractivity contribution is -0.903. The zero-order valence-electron chi connectivity index (χ0n) is 7.05. The summed E-state index contributed by atoms with van der Waals surface area (Å²) in [7, 11) is 0. The van der Waals surface area contributed by atoms with E-state index in [0.29, 0.717) is 19.1 Å². The van der Waals surface area contributed by atoms with Gasteiger partial charge < -0.3 is 10.5 Å². The van der Waals surface area contributed by atoms with E-state index in [4.69, 9.17) is 15.0 Å². The molecule has 6 nitrogen and oxygen atoms in total. The van der Waals surface area contributed by atoms with Gasteiger partial charge >= 0.3 is 0 Å². The number of rotatable bonds is 1. The van der Waals surface area contributed by atoms with E-state index in [0.717, 1.165) is 13.1 Å². The molecule has 0 unspecified atom stereocenters. The predicted octanol–water partition coefficient (Wildman–Crippen LogP) is -1.07. The summed E-state index contributed by atoms with van der Waals surface area (Å²) in [6.45, 7) is 2.97. The highest BCUT2D eigenvalue weighted by atomic mass is 35.5. The highest BCUT2D eigenvalue weighted by Crippen LogP contribution is 1.93. The van der Waals surface area contributed by atoms with Crippen LogP contribution in [0.3, 0.4) is 0 Å². The topological polar surface area (TPSA) is 68.4 Å². The molecular weight excluding hydrogens is 196 g/mol. The monoisotopic (exact) mass is 207 g/mol. The van der Waals surface area contributed by atoms with Gasteiger partial charge in [0.05, 0.1) is 18.3 Å². The van der Waals surface area contributed by atoms with Crippen LogP contribution < -0.4 is 15.7 Å². The number of anilines is 1. The Morgan fingerprint density at radius 1 is 1.46 bits per heavy atom. The van der Waals surface area contributed by atoms with Crippen LogP contribution >= 0.6 is 12.4 Å². The number of nitrogen functional groups attached to an aromatic ring is 1. The Hall–Kier alpha value is -1.01. The molecule has 7 heteroatoms. The average Bonchev–Trinajstić information content (AvgIpc) is 2.54. The van der Waals surface area contributed by atoms with Gasteiger partial charge in [0.15, 0.2) is 6.20 Å². The quantitative estimate of drug-likeness (QED) is 0.595. The molecule has 2 rings (SSSR count). The van der Waals surface area contributed by atoms with Crippen LogP contribution in [0.15, 0.2) is 10.7 Å². The molecule has 2 heterocycles. The van der Waals surface area contributed by atoms with E-state index >= 15 is 0 Å². The van der Waals surface area contributed by atoms with Crippen LogP contribution in [0, 0.1) is 0 Å². The summed E-state index contributed by atoms with van der Waals surface area (Å²) < 4.78 is 10.2. The van der Waals surface area contributed by atoms with Gasteiger partial charge in [-0.15, -0.1) is 17.4 Å². The fourth-order valence-electron chi connectivity index (χ4n) is 1.10. The highest BCUT2D eigenvalue weighted by Gasteiger charge is 2.23. The van der Waals surface area contributed by atoms with Gasteiger partial charge in [0.2, 0.25) is 4.96 Å². The third kappa shape index (κ3) is 2.22. The van der Waals surface area contributed by atoms with Crippen molar-refractivity contribution in [3.63, 3.8) is 0 Å². The van der Waals surface area contributed by atoms with E-state index in [1.807, 2.05) is 5.01 Å². The van der Waals surface area contributed by atoms with Crippen molar-refractivity contribution in [2.75, 3.05) is 37.0 Å². The van der Waals surface area contributed by atoms with Gasteiger partial charge in [0, 0.05) is 0 Å². The fourth-order valence-corrected chi connectivity index (χ4v) is 1.10. The number of hydrogen-bond donors (Lipinski definition) is 1. The smallest absolute Gasteiger partial charge is 0.298 e. The first-order valence-electron chi connectivity index (χ1n) is 3.83. The van der Waals surface area contributed by atoms with Crippen molar-refractivity contribution in [1.82, 2.24) is 5.10 Å². The van der Waals surface area contributed by atoms with E-state index in [-0.39, 0.29) is 12.4 Å². The summed E-state index contributed by atoms with van der Waals surface area (Å²) in [6, 6.07) is 0. The fraction of sp³-hybridized carbons (Fsp3) is 0.667. The summed E-state index contributed by atoms with van der Waals surface area (Å²) in [5, 5.41) is 5.87. The second-order valence-electron chi connectivity index (χ2n) is 2.56. The number of hydrogen-bond acceptors (Lipinski definition) is 5. The SMILES string of the molecule is Cl.Nc1cn[n+](N2CCOCC2)o1. The number of halogens is 1. The van der Waals surface area contributed by atoms with Crippen LogP contribution in [0.4, 0.5) is 5.88 Å². The van der Waals surface area contributed by atoms with E-state index < -0.39 is 0 Å². The lowest BCUT2D eigenvalue weighted by Crippen LogP contribution is -2.62. The van der Waals surface area contributed by atoms with Crippen molar-refractivity contribution in [1.29, 1.82) is 0 Å². The predicted molar refractivity (Wildman–Crippen MR) is 47.1 cm³/mol. The molecule has 0 bridgehead atoms. The molecule has 0 aliphatic carbocycles. The molecular formula is C6H12ClN4O2+. The van der Waals surface area contributed by atoms with E-state index in [2.05, 4.69) is 5.10 Å². The molecule has 1 aliphatic heterocycles. The maximum Gasteiger partial charge on any atom is 0.298 e. The molecule has 1 saturated heterocycles. The molecule has 13 heavy (non-hydrogen) atoms. The Kier molecular flexibility index (Phi) is 3.32. The molecule has 0 radical (unpaired) electrons. The third-order valence-corrected chi connectivity index (χ3v) is 1.70. The Labute approximate surface area is 81.6 Å². The van der Waals surface area contributed by atoms with E-state index in [1.54, 1.807) is 0 Å². The van der Waals surface area contributed by atoms with Gasteiger partial charge in [-0.3, -0.25) is 0 Å². The van der Waals surface area contributed by atoms with Crippen molar-refractivity contribution in [3.05, 3.63) is 6.20 Å². The number of aromatic nitrogens is 2. The summed E-state index contributed by atoms with van der Waals surface area (Å²) in [4.78, 5) is 1.40. The maximum atomic E-state index is 5.38. The minimum atomic E-state index is 0. The summed E-state index contributed by atoms with van der Waals surface area (Å²) in [5.41, 5.74) is 5.38. The molecule has 0 spiro atoms. The van der Waals surface area contributed by atoms with Crippen LogP contribution in [0.1, 0.15) is 0 Å². The highest BCUT2D eigenvalue weighted by molar-refractivity contribution is 5.85. The largest absolute Gasteiger partial charge is 0.377 e. The van der Waals surface area contributed by atoms with Crippen molar-refractivity contribution in [2.45, 2.75) is 0 Å². The first-order chi connectivity index (χ1) is 5.86. The summed E-state index contributed by atoms with van der Waals surface area (Å²) >= 11 is 0. The third-order valence-electron chi connectivity index (χ3n) is 1.70. The van der Waals surface area contributed by atoms with Crippen LogP contribution in [-0.4, -0.2) is 31.4 Å². The molecule has 1 aliphatic rings. The van der Waals surface area contributed by atoms with Crippen LogP contribution in [0.5, 0.6) is 0 Å². The standard InChI is InChI=1S/C6H10N4O2.ClH/c7-6-5-8-10(12-6)9-1-3-11-4-2-9;/h5,7H,1-4H2;1H/p+1. The molecule has 1 fully saturated rings. The molecule has 0 amide bonds. The average molecular weight is 208 g/mol. The van der Waals surface area contributed by atoms with Crippen LogP contribution in [0.25, 0.3) is 0 Å². The van der Waals surface area contributed by atoms with Gasteiger partial charge in [-0.05, 0) is 0 Å². The first-order valence-corrected chi connectivity index (χ1v) is 3.83. The zero-order valence-corrected chi connectivity index (χ0v) is 7.87. The summed E-state index contributed by atoms with van der Waals surface area (Å²) in [5.74, 6) is 0.321. The number of nitrogens with zero attached hydrogens (tertiary/aromatic N) is 3. The minimum Gasteiger partial charge on any atom is -0.377 e. The van der Waals surface area contributed by atoms with Gasteiger partial charge in [-0.1, -0.05) is 0 Å². The Bertz CT molecular complexity index is 261. The Morgan fingerprint density at radius 2 is 2.15 bits per heavy atom. The first kappa shape index (κ1) is 10.1. The molecule has 1 aromatic heterocycles. The van der Waals surface area contributed by atoms with Crippen molar-refractivity contribution < 1.29 is 14.2 Å². The Morgan fingerprint density at radius 3 is 2.69 bits per heavy atom. The number of ether oxygens (including phenoxy) is 1. The molecule has 0 atom stereocenters. The number of nitrogens with two attached hydrogens (primary N) is 1.